The molecule has 1 unspecified atom stereocenters. The maximum absolute atomic E-state index is 11.4. The van der Waals surface area contributed by atoms with Gasteiger partial charge in [-0.2, -0.15) is 0 Å². The topological polar surface area (TPSA) is 29.1 Å². The largest absolute Gasteiger partial charge is 0.353 e. The second-order valence-corrected chi connectivity index (χ2v) is 4.34. The fourth-order valence-electron chi connectivity index (χ4n) is 1.18. The maximum Gasteiger partial charge on any atom is 0.220 e. The number of hydrogen-bond acceptors (Lipinski definition) is 1. The van der Waals surface area contributed by atoms with Crippen molar-refractivity contribution in [3.05, 3.63) is 0 Å². The number of hydrogen-bond donors (Lipinski definition) is 1. The van der Waals surface area contributed by atoms with Gasteiger partial charge in [0.05, 0.1) is 0 Å². The molecular formula is C11H23NO. The van der Waals surface area contributed by atoms with Crippen molar-refractivity contribution in [3.63, 3.8) is 0 Å². The van der Waals surface area contributed by atoms with E-state index in [9.17, 15) is 4.79 Å². The first-order chi connectivity index (χ1) is 5.97. The lowest BCUT2D eigenvalue weighted by Gasteiger charge is -2.20. The van der Waals surface area contributed by atoms with E-state index in [1.165, 1.54) is 0 Å². The Kier molecular flexibility index (Phi) is 5.76. The Morgan fingerprint density at radius 1 is 1.23 bits per heavy atom. The van der Waals surface area contributed by atoms with Crippen LogP contribution in [0.4, 0.5) is 0 Å². The Balaban J connectivity index is 3.77. The molecule has 0 aromatic carbocycles. The maximum atomic E-state index is 11.4. The van der Waals surface area contributed by atoms with E-state index in [0.29, 0.717) is 24.3 Å². The Morgan fingerprint density at radius 2 is 1.77 bits per heavy atom. The molecule has 78 valence electrons. The number of amides is 1. The van der Waals surface area contributed by atoms with E-state index in [-0.39, 0.29) is 5.91 Å². The second kappa shape index (κ2) is 6.01. The van der Waals surface area contributed by atoms with Gasteiger partial charge in [-0.05, 0) is 18.8 Å². The summed E-state index contributed by atoms with van der Waals surface area (Å²) in [6.07, 6.45) is 1.75. The van der Waals surface area contributed by atoms with Crippen LogP contribution in [-0.2, 0) is 4.79 Å². The number of carbonyl (C=O) groups excluding carboxylic acids is 1. The van der Waals surface area contributed by atoms with E-state index in [2.05, 4.69) is 39.9 Å². The molecule has 0 radical (unpaired) electrons. The molecule has 0 heterocycles. The van der Waals surface area contributed by atoms with E-state index in [1.54, 1.807) is 0 Å². The second-order valence-electron chi connectivity index (χ2n) is 4.34. The summed E-state index contributed by atoms with van der Waals surface area (Å²) < 4.78 is 0. The Bertz CT molecular complexity index is 154. The third-order valence-electron chi connectivity index (χ3n) is 2.48. The molecule has 0 aliphatic carbocycles. The Hall–Kier alpha value is -0.530. The van der Waals surface area contributed by atoms with Gasteiger partial charge in [-0.15, -0.1) is 0 Å². The van der Waals surface area contributed by atoms with Gasteiger partial charge in [0.15, 0.2) is 0 Å². The Labute approximate surface area is 82.1 Å². The van der Waals surface area contributed by atoms with Crippen molar-refractivity contribution in [3.8, 4) is 0 Å². The molecule has 0 aliphatic rings. The first-order valence-corrected chi connectivity index (χ1v) is 5.26. The molecule has 1 amide bonds. The van der Waals surface area contributed by atoms with Crippen LogP contribution in [-0.4, -0.2) is 11.9 Å². The minimum atomic E-state index is 0.183. The lowest BCUT2D eigenvalue weighted by atomic mass is 10.0. The van der Waals surface area contributed by atoms with Crippen LogP contribution in [0.1, 0.15) is 47.5 Å². The van der Waals surface area contributed by atoms with Gasteiger partial charge in [-0.25, -0.2) is 0 Å². The molecular weight excluding hydrogens is 162 g/mol. The number of nitrogens with one attached hydrogen (secondary N) is 1. The summed E-state index contributed by atoms with van der Waals surface area (Å²) in [5.74, 6) is 1.20. The molecule has 2 heteroatoms. The van der Waals surface area contributed by atoms with Crippen molar-refractivity contribution >= 4 is 5.91 Å². The van der Waals surface area contributed by atoms with Gasteiger partial charge >= 0.3 is 0 Å². The molecule has 0 aliphatic heterocycles. The molecule has 2 atom stereocenters. The van der Waals surface area contributed by atoms with Gasteiger partial charge in [0.25, 0.3) is 0 Å². The number of carbonyl (C=O) groups is 1. The zero-order valence-corrected chi connectivity index (χ0v) is 9.55. The molecule has 0 fully saturated rings. The molecule has 0 bridgehead atoms. The third kappa shape index (κ3) is 5.67. The van der Waals surface area contributed by atoms with E-state index in [4.69, 9.17) is 0 Å². The highest BCUT2D eigenvalue weighted by atomic mass is 16.1. The average molecular weight is 185 g/mol. The van der Waals surface area contributed by atoms with E-state index in [1.807, 2.05) is 0 Å². The van der Waals surface area contributed by atoms with Crippen LogP contribution in [0, 0.1) is 11.8 Å². The number of rotatable bonds is 5. The van der Waals surface area contributed by atoms with Crippen molar-refractivity contribution in [1.82, 2.24) is 5.32 Å². The molecule has 1 N–H and O–H groups in total. The van der Waals surface area contributed by atoms with Gasteiger partial charge in [0.1, 0.15) is 0 Å². The average Bonchev–Trinajstić information content (AvgIpc) is 2.01. The first kappa shape index (κ1) is 12.5. The molecule has 0 aromatic rings. The van der Waals surface area contributed by atoms with Gasteiger partial charge in [0.2, 0.25) is 5.91 Å². The SMILES string of the molecule is CCC(C)[C@@H](C)NC(=O)CC(C)C. The predicted molar refractivity (Wildman–Crippen MR) is 56.5 cm³/mol. The molecule has 2 nitrogen and oxygen atoms in total. The zero-order valence-electron chi connectivity index (χ0n) is 9.55. The van der Waals surface area contributed by atoms with Crippen molar-refractivity contribution in [2.75, 3.05) is 0 Å². The summed E-state index contributed by atoms with van der Waals surface area (Å²) in [7, 11) is 0. The summed E-state index contributed by atoms with van der Waals surface area (Å²) >= 11 is 0. The van der Waals surface area contributed by atoms with Crippen molar-refractivity contribution < 1.29 is 4.79 Å². The standard InChI is InChI=1S/C11H23NO/c1-6-9(4)10(5)12-11(13)7-8(2)3/h8-10H,6-7H2,1-5H3,(H,12,13)/t9?,10-/m1/s1. The highest BCUT2D eigenvalue weighted by molar-refractivity contribution is 5.76. The fraction of sp³-hybridized carbons (Fsp3) is 0.909. The monoisotopic (exact) mass is 185 g/mol. The lowest BCUT2D eigenvalue weighted by Crippen LogP contribution is -2.37. The Morgan fingerprint density at radius 3 is 2.15 bits per heavy atom. The molecule has 0 rings (SSSR count). The summed E-state index contributed by atoms with van der Waals surface area (Å²) in [6.45, 7) is 10.5. The summed E-state index contributed by atoms with van der Waals surface area (Å²) in [5, 5.41) is 3.02. The van der Waals surface area contributed by atoms with E-state index < -0.39 is 0 Å². The van der Waals surface area contributed by atoms with Crippen molar-refractivity contribution in [2.45, 2.75) is 53.5 Å². The molecule has 0 aromatic heterocycles. The van der Waals surface area contributed by atoms with Crippen molar-refractivity contribution in [2.24, 2.45) is 11.8 Å². The fourth-order valence-corrected chi connectivity index (χ4v) is 1.18. The first-order valence-electron chi connectivity index (χ1n) is 5.26. The molecule has 0 saturated heterocycles. The molecule has 0 saturated carbocycles. The van der Waals surface area contributed by atoms with Crippen LogP contribution in [0.2, 0.25) is 0 Å². The van der Waals surface area contributed by atoms with Gasteiger partial charge in [-0.3, -0.25) is 4.79 Å². The summed E-state index contributed by atoms with van der Waals surface area (Å²) in [4.78, 5) is 11.4. The minimum Gasteiger partial charge on any atom is -0.353 e. The van der Waals surface area contributed by atoms with Crippen LogP contribution in [0.15, 0.2) is 0 Å². The van der Waals surface area contributed by atoms with Crippen LogP contribution in [0.5, 0.6) is 0 Å². The summed E-state index contributed by atoms with van der Waals surface area (Å²) in [5.41, 5.74) is 0. The van der Waals surface area contributed by atoms with Crippen molar-refractivity contribution in [1.29, 1.82) is 0 Å². The quantitative estimate of drug-likeness (QED) is 0.701. The van der Waals surface area contributed by atoms with E-state index in [0.717, 1.165) is 6.42 Å². The highest BCUT2D eigenvalue weighted by Crippen LogP contribution is 2.07. The highest BCUT2D eigenvalue weighted by Gasteiger charge is 2.13. The minimum absolute atomic E-state index is 0.183. The van der Waals surface area contributed by atoms with Crippen LogP contribution < -0.4 is 5.32 Å². The van der Waals surface area contributed by atoms with Crippen LogP contribution in [0.3, 0.4) is 0 Å². The van der Waals surface area contributed by atoms with Crippen LogP contribution in [0.25, 0.3) is 0 Å². The predicted octanol–water partition coefficient (Wildman–Crippen LogP) is 2.58. The molecule has 0 spiro atoms. The normalized spacial score (nSPS) is 15.5. The lowest BCUT2D eigenvalue weighted by molar-refractivity contribution is -0.122. The zero-order chi connectivity index (χ0) is 10.4. The smallest absolute Gasteiger partial charge is 0.220 e. The van der Waals surface area contributed by atoms with Crippen LogP contribution >= 0.6 is 0 Å². The van der Waals surface area contributed by atoms with Gasteiger partial charge in [0, 0.05) is 12.5 Å². The van der Waals surface area contributed by atoms with E-state index >= 15 is 0 Å². The summed E-state index contributed by atoms with van der Waals surface area (Å²) in [6, 6.07) is 0.302. The van der Waals surface area contributed by atoms with Gasteiger partial charge < -0.3 is 5.32 Å². The molecule has 13 heavy (non-hydrogen) atoms. The third-order valence-corrected chi connectivity index (χ3v) is 2.48. The van der Waals surface area contributed by atoms with Gasteiger partial charge in [-0.1, -0.05) is 34.1 Å².